The summed E-state index contributed by atoms with van der Waals surface area (Å²) in [4.78, 5) is 0. The van der Waals surface area contributed by atoms with Crippen LogP contribution in [0.15, 0.2) is 60.7 Å². The van der Waals surface area contributed by atoms with E-state index in [1.807, 2.05) is 12.1 Å². The van der Waals surface area contributed by atoms with Gasteiger partial charge in [-0.05, 0) is 80.7 Å². The van der Waals surface area contributed by atoms with Crippen molar-refractivity contribution in [2.24, 2.45) is 5.92 Å². The molecule has 0 unspecified atom stereocenters. The van der Waals surface area contributed by atoms with Crippen LogP contribution in [0.4, 0.5) is 13.2 Å². The van der Waals surface area contributed by atoms with E-state index in [1.165, 1.54) is 30.5 Å². The van der Waals surface area contributed by atoms with E-state index in [-0.39, 0.29) is 11.1 Å². The Morgan fingerprint density at radius 2 is 1.37 bits per heavy atom. The molecular formula is C24H25F3. The first kappa shape index (κ1) is 19.5. The molecule has 0 aromatic heterocycles. The molecule has 0 radical (unpaired) electrons. The quantitative estimate of drug-likeness (QED) is 0.371. The first-order valence-corrected chi connectivity index (χ1v) is 9.61. The van der Waals surface area contributed by atoms with Crippen LogP contribution in [0, 0.1) is 11.7 Å². The molecule has 0 nitrogen and oxygen atoms in total. The van der Waals surface area contributed by atoms with E-state index < -0.39 is 17.5 Å². The van der Waals surface area contributed by atoms with Gasteiger partial charge >= 0.3 is 0 Å². The van der Waals surface area contributed by atoms with Crippen LogP contribution in [-0.4, -0.2) is 0 Å². The van der Waals surface area contributed by atoms with Crippen molar-refractivity contribution in [3.63, 3.8) is 0 Å². The Hall–Kier alpha value is -2.29. The molecule has 1 fully saturated rings. The Kier molecular flexibility index (Phi) is 6.54. The monoisotopic (exact) mass is 370 g/mol. The van der Waals surface area contributed by atoms with Gasteiger partial charge in [0.2, 0.25) is 0 Å². The second-order valence-electron chi connectivity index (χ2n) is 7.28. The van der Waals surface area contributed by atoms with Crippen molar-refractivity contribution >= 4 is 11.7 Å². The van der Waals surface area contributed by atoms with Gasteiger partial charge in [0.15, 0.2) is 11.7 Å². The van der Waals surface area contributed by atoms with Gasteiger partial charge in [-0.2, -0.15) is 0 Å². The highest BCUT2D eigenvalue weighted by Gasteiger charge is 2.22. The summed E-state index contributed by atoms with van der Waals surface area (Å²) in [7, 11) is 0. The summed E-state index contributed by atoms with van der Waals surface area (Å²) in [6.45, 7) is 2.06. The maximum Gasteiger partial charge on any atom is 0.166 e. The van der Waals surface area contributed by atoms with Gasteiger partial charge in [0.25, 0.3) is 0 Å². The van der Waals surface area contributed by atoms with Gasteiger partial charge in [-0.3, -0.25) is 0 Å². The van der Waals surface area contributed by atoms with Crippen molar-refractivity contribution in [1.29, 1.82) is 0 Å². The van der Waals surface area contributed by atoms with Crippen LogP contribution in [0.1, 0.15) is 61.6 Å². The molecule has 0 saturated heterocycles. The smallest absolute Gasteiger partial charge is 0.166 e. The minimum atomic E-state index is -0.966. The predicted octanol–water partition coefficient (Wildman–Crippen LogP) is 7.83. The highest BCUT2D eigenvalue weighted by molar-refractivity contribution is 5.83. The standard InChI is InChI=1S/C24H25F3/c1-2-3-4-17-5-7-18(8-6-17)19-9-11-20(12-10-19)23(26)24(27)21-13-15-22(25)16-14-21/h2-3,9-18H,4-8H2,1H3. The minimum absolute atomic E-state index is 0.0393. The maximum atomic E-state index is 14.5. The maximum absolute atomic E-state index is 14.5. The molecule has 0 aliphatic heterocycles. The average Bonchev–Trinajstić information content (AvgIpc) is 2.72. The number of hydrogen-bond acceptors (Lipinski definition) is 0. The van der Waals surface area contributed by atoms with Crippen molar-refractivity contribution < 1.29 is 13.2 Å². The molecule has 142 valence electrons. The van der Waals surface area contributed by atoms with Crippen molar-refractivity contribution in [1.82, 2.24) is 0 Å². The number of hydrogen-bond donors (Lipinski definition) is 0. The molecule has 3 heteroatoms. The second-order valence-corrected chi connectivity index (χ2v) is 7.28. The fourth-order valence-electron chi connectivity index (χ4n) is 3.81. The third-order valence-corrected chi connectivity index (χ3v) is 5.48. The molecule has 0 N–H and O–H groups in total. The van der Waals surface area contributed by atoms with E-state index in [1.54, 1.807) is 12.1 Å². The van der Waals surface area contributed by atoms with Gasteiger partial charge in [0.05, 0.1) is 0 Å². The number of benzene rings is 2. The zero-order valence-corrected chi connectivity index (χ0v) is 15.6. The number of rotatable bonds is 5. The Balaban J connectivity index is 1.68. The van der Waals surface area contributed by atoms with E-state index in [4.69, 9.17) is 0 Å². The molecule has 0 amide bonds. The summed E-state index contributed by atoms with van der Waals surface area (Å²) < 4.78 is 41.7. The zero-order valence-electron chi connectivity index (χ0n) is 15.6. The third-order valence-electron chi connectivity index (χ3n) is 5.48. The van der Waals surface area contributed by atoms with Gasteiger partial charge in [0, 0.05) is 11.1 Å². The molecule has 3 rings (SSSR count). The van der Waals surface area contributed by atoms with E-state index >= 15 is 0 Å². The van der Waals surface area contributed by atoms with E-state index in [9.17, 15) is 13.2 Å². The molecule has 0 heterocycles. The van der Waals surface area contributed by atoms with Crippen LogP contribution < -0.4 is 0 Å². The predicted molar refractivity (Wildman–Crippen MR) is 106 cm³/mol. The van der Waals surface area contributed by atoms with E-state index in [2.05, 4.69) is 19.1 Å². The molecule has 2 aromatic rings. The summed E-state index contributed by atoms with van der Waals surface area (Å²) in [5, 5.41) is 0. The van der Waals surface area contributed by atoms with Gasteiger partial charge in [-0.25, -0.2) is 13.2 Å². The molecule has 1 aliphatic carbocycles. The molecule has 0 bridgehead atoms. The fraction of sp³-hybridized carbons (Fsp3) is 0.333. The van der Waals surface area contributed by atoms with Crippen LogP contribution in [0.3, 0.4) is 0 Å². The Bertz CT molecular complexity index is 793. The number of allylic oxidation sites excluding steroid dienone is 2. The summed E-state index contributed by atoms with van der Waals surface area (Å²) >= 11 is 0. The van der Waals surface area contributed by atoms with Crippen LogP contribution in [0.25, 0.3) is 11.7 Å². The molecule has 27 heavy (non-hydrogen) atoms. The molecule has 0 spiro atoms. The average molecular weight is 370 g/mol. The van der Waals surface area contributed by atoms with E-state index in [0.29, 0.717) is 5.92 Å². The molecule has 1 aliphatic rings. The zero-order chi connectivity index (χ0) is 19.2. The summed E-state index contributed by atoms with van der Waals surface area (Å²) in [6, 6.07) is 11.8. The first-order chi connectivity index (χ1) is 13.1. The van der Waals surface area contributed by atoms with Crippen molar-refractivity contribution in [3.8, 4) is 0 Å². The largest absolute Gasteiger partial charge is 0.207 e. The van der Waals surface area contributed by atoms with E-state index in [0.717, 1.165) is 37.3 Å². The van der Waals surface area contributed by atoms with Crippen molar-refractivity contribution in [2.45, 2.75) is 44.9 Å². The van der Waals surface area contributed by atoms with Crippen LogP contribution in [0.2, 0.25) is 0 Å². The Labute approximate surface area is 159 Å². The fourth-order valence-corrected chi connectivity index (χ4v) is 3.81. The lowest BCUT2D eigenvalue weighted by Crippen LogP contribution is -2.12. The first-order valence-electron chi connectivity index (χ1n) is 9.61. The lowest BCUT2D eigenvalue weighted by molar-refractivity contribution is 0.328. The lowest BCUT2D eigenvalue weighted by Gasteiger charge is -2.28. The van der Waals surface area contributed by atoms with Crippen molar-refractivity contribution in [2.75, 3.05) is 0 Å². The third kappa shape index (κ3) is 4.91. The molecule has 1 saturated carbocycles. The Morgan fingerprint density at radius 1 is 0.852 bits per heavy atom. The number of halogens is 3. The second kappa shape index (κ2) is 9.07. The minimum Gasteiger partial charge on any atom is -0.207 e. The van der Waals surface area contributed by atoms with Gasteiger partial charge < -0.3 is 0 Å². The van der Waals surface area contributed by atoms with Gasteiger partial charge in [-0.15, -0.1) is 0 Å². The van der Waals surface area contributed by atoms with Gasteiger partial charge in [-0.1, -0.05) is 36.4 Å². The topological polar surface area (TPSA) is 0 Å². The summed E-state index contributed by atoms with van der Waals surface area (Å²) in [6.07, 6.45) is 10.2. The van der Waals surface area contributed by atoms with Gasteiger partial charge in [0.1, 0.15) is 5.82 Å². The summed E-state index contributed by atoms with van der Waals surface area (Å²) in [5.74, 6) is -1.09. The van der Waals surface area contributed by atoms with Crippen LogP contribution in [0.5, 0.6) is 0 Å². The van der Waals surface area contributed by atoms with Crippen LogP contribution >= 0.6 is 0 Å². The molecular weight excluding hydrogens is 345 g/mol. The van der Waals surface area contributed by atoms with Crippen LogP contribution in [-0.2, 0) is 0 Å². The normalized spacial score (nSPS) is 21.3. The summed E-state index contributed by atoms with van der Waals surface area (Å²) in [5.41, 5.74) is 1.44. The van der Waals surface area contributed by atoms with Crippen molar-refractivity contribution in [3.05, 3.63) is 83.2 Å². The highest BCUT2D eigenvalue weighted by Crippen LogP contribution is 2.38. The highest BCUT2D eigenvalue weighted by atomic mass is 19.2. The Morgan fingerprint density at radius 3 is 1.89 bits per heavy atom. The molecule has 2 aromatic carbocycles. The molecule has 0 atom stereocenters. The SMILES string of the molecule is CC=CCC1CCC(c2ccc(C(F)=C(F)c3ccc(F)cc3)cc2)CC1. The lowest BCUT2D eigenvalue weighted by atomic mass is 9.77.